The highest BCUT2D eigenvalue weighted by Crippen LogP contribution is 2.35. The van der Waals surface area contributed by atoms with Crippen LogP contribution < -0.4 is 9.64 Å². The van der Waals surface area contributed by atoms with Gasteiger partial charge in [0.1, 0.15) is 11.4 Å². The highest BCUT2D eigenvalue weighted by atomic mass is 16.6. The Balaban J connectivity index is 2.20. The molecule has 0 bridgehead atoms. The summed E-state index contributed by atoms with van der Waals surface area (Å²) in [7, 11) is 1.57. The van der Waals surface area contributed by atoms with Crippen LogP contribution in [0.5, 0.6) is 5.75 Å². The summed E-state index contributed by atoms with van der Waals surface area (Å²) < 4.78 is 16.2. The molecule has 0 spiro atoms. The first-order valence-electron chi connectivity index (χ1n) is 8.76. The summed E-state index contributed by atoms with van der Waals surface area (Å²) in [5.41, 5.74) is 2.11. The van der Waals surface area contributed by atoms with Gasteiger partial charge in [-0.25, -0.2) is 4.79 Å². The van der Waals surface area contributed by atoms with Gasteiger partial charge in [0.15, 0.2) is 0 Å². The van der Waals surface area contributed by atoms with Crippen molar-refractivity contribution in [2.24, 2.45) is 0 Å². The Morgan fingerprint density at radius 3 is 2.46 bits per heavy atom. The summed E-state index contributed by atoms with van der Waals surface area (Å²) in [5.74, 6) is 0.596. The standard InChI is InChI=1S/C19H28N2O5/c1-6-25-8-7-20(13-22)16-9-14-11-21(18(23)26-19(2,3)4)12-15(14)10-17(16)24-5/h9-10,13H,6-8,11-12H2,1-5H3. The molecule has 7 nitrogen and oxygen atoms in total. The number of rotatable bonds is 7. The number of hydrogen-bond donors (Lipinski definition) is 0. The van der Waals surface area contributed by atoms with Crippen LogP contribution in [0.25, 0.3) is 0 Å². The van der Waals surface area contributed by atoms with Crippen LogP contribution in [0.15, 0.2) is 12.1 Å². The predicted molar refractivity (Wildman–Crippen MR) is 98.4 cm³/mol. The monoisotopic (exact) mass is 364 g/mol. The van der Waals surface area contributed by atoms with E-state index in [2.05, 4.69) is 0 Å². The number of fused-ring (bicyclic) bond motifs is 1. The fraction of sp³-hybridized carbons (Fsp3) is 0.579. The van der Waals surface area contributed by atoms with Crippen molar-refractivity contribution in [3.8, 4) is 5.75 Å². The molecule has 144 valence electrons. The van der Waals surface area contributed by atoms with E-state index in [0.29, 0.717) is 44.3 Å². The lowest BCUT2D eigenvalue weighted by Gasteiger charge is -2.24. The third-order valence-corrected chi connectivity index (χ3v) is 3.99. The number of hydrogen-bond acceptors (Lipinski definition) is 5. The molecule has 0 radical (unpaired) electrons. The van der Waals surface area contributed by atoms with E-state index in [9.17, 15) is 9.59 Å². The van der Waals surface area contributed by atoms with E-state index in [-0.39, 0.29) is 6.09 Å². The summed E-state index contributed by atoms with van der Waals surface area (Å²) in [5, 5.41) is 0. The number of carbonyl (C=O) groups is 2. The van der Waals surface area contributed by atoms with Crippen LogP contribution in [-0.4, -0.2) is 49.9 Å². The molecule has 0 aliphatic carbocycles. The molecule has 0 atom stereocenters. The first kappa shape index (κ1) is 20.0. The van der Waals surface area contributed by atoms with Gasteiger partial charge in [0, 0.05) is 26.2 Å². The lowest BCUT2D eigenvalue weighted by atomic mass is 10.1. The molecule has 2 amide bonds. The van der Waals surface area contributed by atoms with E-state index in [0.717, 1.165) is 17.5 Å². The summed E-state index contributed by atoms with van der Waals surface area (Å²) in [6.45, 7) is 9.81. The van der Waals surface area contributed by atoms with Crippen molar-refractivity contribution < 1.29 is 23.8 Å². The lowest BCUT2D eigenvalue weighted by Crippen LogP contribution is -2.33. The maximum atomic E-state index is 12.3. The Morgan fingerprint density at radius 2 is 1.92 bits per heavy atom. The molecule has 0 unspecified atom stereocenters. The molecular weight excluding hydrogens is 336 g/mol. The molecule has 7 heteroatoms. The number of carbonyl (C=O) groups excluding carboxylic acids is 2. The number of ether oxygens (including phenoxy) is 3. The molecule has 26 heavy (non-hydrogen) atoms. The van der Waals surface area contributed by atoms with Crippen molar-refractivity contribution >= 4 is 18.2 Å². The van der Waals surface area contributed by atoms with Crippen molar-refractivity contribution in [3.05, 3.63) is 23.3 Å². The average molecular weight is 364 g/mol. The number of nitrogens with zero attached hydrogens (tertiary/aromatic N) is 2. The van der Waals surface area contributed by atoms with E-state index in [1.54, 1.807) is 16.9 Å². The van der Waals surface area contributed by atoms with Crippen LogP contribution in [0.3, 0.4) is 0 Å². The molecule has 0 saturated heterocycles. The molecule has 1 aliphatic heterocycles. The Bertz CT molecular complexity index is 654. The van der Waals surface area contributed by atoms with Gasteiger partial charge < -0.3 is 19.1 Å². The fourth-order valence-electron chi connectivity index (χ4n) is 2.80. The van der Waals surface area contributed by atoms with Gasteiger partial charge in [0.05, 0.1) is 19.4 Å². The number of methoxy groups -OCH3 is 1. The zero-order chi connectivity index (χ0) is 19.3. The van der Waals surface area contributed by atoms with Crippen molar-refractivity contribution in [2.45, 2.75) is 46.4 Å². The molecule has 0 aromatic heterocycles. The van der Waals surface area contributed by atoms with E-state index < -0.39 is 5.60 Å². The van der Waals surface area contributed by atoms with Crippen molar-refractivity contribution in [2.75, 3.05) is 31.8 Å². The second-order valence-electron chi connectivity index (χ2n) is 7.12. The molecule has 1 heterocycles. The fourth-order valence-corrected chi connectivity index (χ4v) is 2.80. The summed E-state index contributed by atoms with van der Waals surface area (Å²) in [4.78, 5) is 27.1. The van der Waals surface area contributed by atoms with Gasteiger partial charge in [-0.3, -0.25) is 9.69 Å². The first-order chi connectivity index (χ1) is 12.3. The van der Waals surface area contributed by atoms with Crippen molar-refractivity contribution in [1.29, 1.82) is 0 Å². The minimum absolute atomic E-state index is 0.349. The second-order valence-corrected chi connectivity index (χ2v) is 7.12. The Hall–Kier alpha value is -2.28. The van der Waals surface area contributed by atoms with Gasteiger partial charge in [-0.1, -0.05) is 0 Å². The highest BCUT2D eigenvalue weighted by molar-refractivity contribution is 5.80. The van der Waals surface area contributed by atoms with Gasteiger partial charge in [-0.2, -0.15) is 0 Å². The van der Waals surface area contributed by atoms with Gasteiger partial charge in [-0.15, -0.1) is 0 Å². The summed E-state index contributed by atoms with van der Waals surface area (Å²) in [6.07, 6.45) is 0.418. The molecule has 1 aliphatic rings. The van der Waals surface area contributed by atoms with Gasteiger partial charge in [-0.05, 0) is 51.0 Å². The van der Waals surface area contributed by atoms with Gasteiger partial charge in [0.25, 0.3) is 0 Å². The Morgan fingerprint density at radius 1 is 1.27 bits per heavy atom. The van der Waals surface area contributed by atoms with Crippen LogP contribution in [0.2, 0.25) is 0 Å². The number of amides is 2. The number of benzene rings is 1. The predicted octanol–water partition coefficient (Wildman–Crippen LogP) is 2.95. The van der Waals surface area contributed by atoms with Crippen molar-refractivity contribution in [1.82, 2.24) is 4.90 Å². The molecule has 1 aromatic carbocycles. The minimum atomic E-state index is -0.539. The first-order valence-corrected chi connectivity index (χ1v) is 8.76. The van der Waals surface area contributed by atoms with Crippen LogP contribution in [0.4, 0.5) is 10.5 Å². The Labute approximate surface area is 154 Å². The van der Waals surface area contributed by atoms with Crippen LogP contribution in [0, 0.1) is 0 Å². The topological polar surface area (TPSA) is 68.3 Å². The van der Waals surface area contributed by atoms with Crippen LogP contribution >= 0.6 is 0 Å². The molecule has 1 aromatic rings. The zero-order valence-corrected chi connectivity index (χ0v) is 16.2. The third kappa shape index (κ3) is 4.88. The zero-order valence-electron chi connectivity index (χ0n) is 16.2. The highest BCUT2D eigenvalue weighted by Gasteiger charge is 2.29. The van der Waals surface area contributed by atoms with Gasteiger partial charge in [0.2, 0.25) is 6.41 Å². The maximum absolute atomic E-state index is 12.3. The second kappa shape index (κ2) is 8.40. The van der Waals surface area contributed by atoms with E-state index in [1.165, 1.54) is 0 Å². The summed E-state index contributed by atoms with van der Waals surface area (Å²) >= 11 is 0. The molecule has 0 N–H and O–H groups in total. The SMILES string of the molecule is CCOCCN(C=O)c1cc2c(cc1OC)CN(C(=O)OC(C)(C)C)C2. The molecule has 0 fully saturated rings. The molecule has 0 saturated carbocycles. The normalized spacial score (nSPS) is 13.3. The Kier molecular flexibility index (Phi) is 6.47. The van der Waals surface area contributed by atoms with Gasteiger partial charge >= 0.3 is 6.09 Å². The number of anilines is 1. The van der Waals surface area contributed by atoms with Crippen LogP contribution in [0.1, 0.15) is 38.8 Å². The van der Waals surface area contributed by atoms with Crippen molar-refractivity contribution in [3.63, 3.8) is 0 Å². The quantitative estimate of drug-likeness (QED) is 0.550. The van der Waals surface area contributed by atoms with E-state index in [4.69, 9.17) is 14.2 Å². The molecular formula is C19H28N2O5. The van der Waals surface area contributed by atoms with E-state index in [1.807, 2.05) is 39.8 Å². The van der Waals surface area contributed by atoms with E-state index >= 15 is 0 Å². The average Bonchev–Trinajstić information content (AvgIpc) is 2.99. The lowest BCUT2D eigenvalue weighted by molar-refractivity contribution is -0.107. The minimum Gasteiger partial charge on any atom is -0.495 e. The smallest absolute Gasteiger partial charge is 0.410 e. The largest absolute Gasteiger partial charge is 0.495 e. The van der Waals surface area contributed by atoms with Crippen LogP contribution in [-0.2, 0) is 27.4 Å². The maximum Gasteiger partial charge on any atom is 0.410 e. The third-order valence-electron chi connectivity index (χ3n) is 3.99. The summed E-state index contributed by atoms with van der Waals surface area (Å²) in [6, 6.07) is 3.78. The molecule has 2 rings (SSSR count).